The molecule has 0 aromatic rings. The SMILES string of the molecule is COC1CN(C(=O)CCC2CCCNC2)CCC1C. The van der Waals surface area contributed by atoms with Crippen molar-refractivity contribution in [3.8, 4) is 0 Å². The van der Waals surface area contributed by atoms with Gasteiger partial charge in [-0.15, -0.1) is 0 Å². The molecule has 0 aromatic heterocycles. The molecule has 110 valence electrons. The van der Waals surface area contributed by atoms with Gasteiger partial charge >= 0.3 is 0 Å². The summed E-state index contributed by atoms with van der Waals surface area (Å²) < 4.78 is 5.47. The van der Waals surface area contributed by atoms with Crippen molar-refractivity contribution in [3.05, 3.63) is 0 Å². The van der Waals surface area contributed by atoms with Crippen LogP contribution < -0.4 is 5.32 Å². The lowest BCUT2D eigenvalue weighted by atomic mass is 9.93. The topological polar surface area (TPSA) is 41.6 Å². The minimum absolute atomic E-state index is 0.217. The number of rotatable bonds is 4. The summed E-state index contributed by atoms with van der Waals surface area (Å²) in [5, 5.41) is 3.42. The van der Waals surface area contributed by atoms with Crippen molar-refractivity contribution >= 4 is 5.91 Å². The third kappa shape index (κ3) is 4.18. The van der Waals surface area contributed by atoms with Crippen molar-refractivity contribution in [2.75, 3.05) is 33.3 Å². The van der Waals surface area contributed by atoms with Crippen molar-refractivity contribution < 1.29 is 9.53 Å². The number of ether oxygens (including phenoxy) is 1. The fourth-order valence-corrected chi connectivity index (χ4v) is 3.22. The summed E-state index contributed by atoms with van der Waals surface area (Å²) in [4.78, 5) is 14.3. The molecule has 2 fully saturated rings. The van der Waals surface area contributed by atoms with Crippen LogP contribution in [0.5, 0.6) is 0 Å². The van der Waals surface area contributed by atoms with E-state index >= 15 is 0 Å². The molecule has 0 spiro atoms. The van der Waals surface area contributed by atoms with Crippen molar-refractivity contribution in [3.63, 3.8) is 0 Å². The predicted molar refractivity (Wildman–Crippen MR) is 76.0 cm³/mol. The van der Waals surface area contributed by atoms with E-state index in [1.54, 1.807) is 7.11 Å². The maximum Gasteiger partial charge on any atom is 0.222 e. The van der Waals surface area contributed by atoms with Gasteiger partial charge in [-0.05, 0) is 50.6 Å². The number of carbonyl (C=O) groups excluding carboxylic acids is 1. The lowest BCUT2D eigenvalue weighted by Gasteiger charge is -2.36. The molecule has 3 unspecified atom stereocenters. The minimum Gasteiger partial charge on any atom is -0.379 e. The van der Waals surface area contributed by atoms with Crippen molar-refractivity contribution in [1.82, 2.24) is 10.2 Å². The van der Waals surface area contributed by atoms with Crippen LogP contribution in [-0.2, 0) is 9.53 Å². The molecule has 0 bridgehead atoms. The van der Waals surface area contributed by atoms with E-state index in [0.717, 1.165) is 39.0 Å². The highest BCUT2D eigenvalue weighted by Crippen LogP contribution is 2.22. The summed E-state index contributed by atoms with van der Waals surface area (Å²) in [5.74, 6) is 1.58. The van der Waals surface area contributed by atoms with Crippen LogP contribution in [0, 0.1) is 11.8 Å². The molecule has 2 aliphatic rings. The van der Waals surface area contributed by atoms with Crippen molar-refractivity contribution in [2.45, 2.75) is 45.1 Å². The largest absolute Gasteiger partial charge is 0.379 e. The minimum atomic E-state index is 0.217. The van der Waals surface area contributed by atoms with Crippen LogP contribution in [0.25, 0.3) is 0 Å². The van der Waals surface area contributed by atoms with Crippen LogP contribution >= 0.6 is 0 Å². The Bertz CT molecular complexity index is 290. The summed E-state index contributed by atoms with van der Waals surface area (Å²) in [6.07, 6.45) is 5.56. The number of nitrogens with zero attached hydrogens (tertiary/aromatic N) is 1. The zero-order valence-corrected chi connectivity index (χ0v) is 12.4. The van der Waals surface area contributed by atoms with Gasteiger partial charge in [-0.25, -0.2) is 0 Å². The van der Waals surface area contributed by atoms with Crippen LogP contribution in [0.1, 0.15) is 39.0 Å². The maximum absolute atomic E-state index is 12.3. The molecule has 2 rings (SSSR count). The first-order chi connectivity index (χ1) is 9.20. The lowest BCUT2D eigenvalue weighted by molar-refractivity contribution is -0.136. The Kier molecular flexibility index (Phi) is 5.64. The number of piperidine rings is 2. The fourth-order valence-electron chi connectivity index (χ4n) is 3.22. The number of methoxy groups -OCH3 is 1. The van der Waals surface area contributed by atoms with E-state index in [1.165, 1.54) is 12.8 Å². The number of amides is 1. The van der Waals surface area contributed by atoms with Crippen molar-refractivity contribution in [2.24, 2.45) is 11.8 Å². The van der Waals surface area contributed by atoms with E-state index in [1.807, 2.05) is 4.90 Å². The molecule has 2 saturated heterocycles. The second-order valence-electron chi connectivity index (χ2n) is 6.13. The van der Waals surface area contributed by atoms with Crippen LogP contribution in [0.2, 0.25) is 0 Å². The van der Waals surface area contributed by atoms with Crippen LogP contribution in [-0.4, -0.2) is 50.2 Å². The number of carbonyl (C=O) groups is 1. The molecule has 4 nitrogen and oxygen atoms in total. The maximum atomic E-state index is 12.3. The van der Waals surface area contributed by atoms with Gasteiger partial charge in [0.2, 0.25) is 5.91 Å². The quantitative estimate of drug-likeness (QED) is 0.843. The van der Waals surface area contributed by atoms with E-state index in [2.05, 4.69) is 12.2 Å². The van der Waals surface area contributed by atoms with Gasteiger partial charge in [-0.3, -0.25) is 4.79 Å². The highest BCUT2D eigenvalue weighted by atomic mass is 16.5. The zero-order valence-electron chi connectivity index (χ0n) is 12.4. The molecular formula is C15H28N2O2. The molecule has 0 saturated carbocycles. The Balaban J connectivity index is 1.73. The third-order valence-corrected chi connectivity index (χ3v) is 4.71. The molecule has 3 atom stereocenters. The molecule has 2 aliphatic heterocycles. The summed E-state index contributed by atoms with van der Waals surface area (Å²) in [6, 6.07) is 0. The normalized spacial score (nSPS) is 32.3. The highest BCUT2D eigenvalue weighted by molar-refractivity contribution is 5.76. The first kappa shape index (κ1) is 14.8. The second kappa shape index (κ2) is 7.25. The molecule has 0 aliphatic carbocycles. The fraction of sp³-hybridized carbons (Fsp3) is 0.933. The molecule has 0 aromatic carbocycles. The summed E-state index contributed by atoms with van der Waals surface area (Å²) in [6.45, 7) is 6.13. The first-order valence-corrected chi connectivity index (χ1v) is 7.72. The highest BCUT2D eigenvalue weighted by Gasteiger charge is 2.28. The molecule has 4 heteroatoms. The molecule has 19 heavy (non-hydrogen) atoms. The van der Waals surface area contributed by atoms with Gasteiger partial charge in [0.05, 0.1) is 6.10 Å². The van der Waals surface area contributed by atoms with Gasteiger partial charge in [0.1, 0.15) is 0 Å². The second-order valence-corrected chi connectivity index (χ2v) is 6.13. The Morgan fingerprint density at radius 2 is 2.26 bits per heavy atom. The van der Waals surface area contributed by atoms with E-state index in [9.17, 15) is 4.79 Å². The van der Waals surface area contributed by atoms with E-state index in [0.29, 0.717) is 24.2 Å². The summed E-state index contributed by atoms with van der Waals surface area (Å²) in [7, 11) is 1.75. The van der Waals surface area contributed by atoms with Gasteiger partial charge in [-0.2, -0.15) is 0 Å². The monoisotopic (exact) mass is 268 g/mol. The third-order valence-electron chi connectivity index (χ3n) is 4.71. The first-order valence-electron chi connectivity index (χ1n) is 7.72. The molecule has 2 heterocycles. The van der Waals surface area contributed by atoms with Gasteiger partial charge in [0.25, 0.3) is 0 Å². The molecular weight excluding hydrogens is 240 g/mol. The summed E-state index contributed by atoms with van der Waals surface area (Å²) in [5.41, 5.74) is 0. The number of hydrogen-bond donors (Lipinski definition) is 1. The molecule has 1 N–H and O–H groups in total. The van der Waals surface area contributed by atoms with Crippen LogP contribution in [0.4, 0.5) is 0 Å². The van der Waals surface area contributed by atoms with Crippen LogP contribution in [0.3, 0.4) is 0 Å². The van der Waals surface area contributed by atoms with Gasteiger partial charge in [0.15, 0.2) is 0 Å². The lowest BCUT2D eigenvalue weighted by Crippen LogP contribution is -2.46. The van der Waals surface area contributed by atoms with Crippen LogP contribution in [0.15, 0.2) is 0 Å². The molecule has 0 radical (unpaired) electrons. The Labute approximate surface area is 116 Å². The van der Waals surface area contributed by atoms with Crippen molar-refractivity contribution in [1.29, 1.82) is 0 Å². The Morgan fingerprint density at radius 3 is 2.95 bits per heavy atom. The summed E-state index contributed by atoms with van der Waals surface area (Å²) >= 11 is 0. The number of likely N-dealkylation sites (tertiary alicyclic amines) is 1. The zero-order chi connectivity index (χ0) is 13.7. The predicted octanol–water partition coefficient (Wildman–Crippen LogP) is 1.65. The smallest absolute Gasteiger partial charge is 0.222 e. The van der Waals surface area contributed by atoms with Gasteiger partial charge < -0.3 is 15.0 Å². The van der Waals surface area contributed by atoms with Gasteiger partial charge in [0, 0.05) is 26.6 Å². The Hall–Kier alpha value is -0.610. The standard InChI is InChI=1S/C15H28N2O2/c1-12-7-9-17(11-14(12)19-2)15(18)6-5-13-4-3-8-16-10-13/h12-14,16H,3-11H2,1-2H3. The van der Waals surface area contributed by atoms with Gasteiger partial charge in [-0.1, -0.05) is 6.92 Å². The number of nitrogens with one attached hydrogen (secondary N) is 1. The average Bonchev–Trinajstić information content (AvgIpc) is 2.46. The average molecular weight is 268 g/mol. The molecule has 1 amide bonds. The van der Waals surface area contributed by atoms with E-state index in [-0.39, 0.29) is 6.10 Å². The Morgan fingerprint density at radius 1 is 1.42 bits per heavy atom. The number of hydrogen-bond acceptors (Lipinski definition) is 3. The van der Waals surface area contributed by atoms with E-state index in [4.69, 9.17) is 4.74 Å². The van der Waals surface area contributed by atoms with E-state index < -0.39 is 0 Å².